The molecular formula is C14H18N4. The van der Waals surface area contributed by atoms with Gasteiger partial charge in [0.25, 0.3) is 0 Å². The molecule has 0 fully saturated rings. The summed E-state index contributed by atoms with van der Waals surface area (Å²) in [6, 6.07) is 9.14. The minimum atomic E-state index is 0.486. The van der Waals surface area contributed by atoms with Crippen molar-refractivity contribution >= 4 is 5.69 Å². The van der Waals surface area contributed by atoms with Crippen LogP contribution in [0.2, 0.25) is 0 Å². The van der Waals surface area contributed by atoms with Crippen LogP contribution in [0.15, 0.2) is 36.7 Å². The fourth-order valence-electron chi connectivity index (χ4n) is 2.42. The smallest absolute Gasteiger partial charge is 0.0726 e. The van der Waals surface area contributed by atoms with Crippen LogP contribution in [0.3, 0.4) is 0 Å². The summed E-state index contributed by atoms with van der Waals surface area (Å²) in [7, 11) is 1.93. The van der Waals surface area contributed by atoms with Gasteiger partial charge < -0.3 is 10.6 Å². The monoisotopic (exact) mass is 242 g/mol. The Morgan fingerprint density at radius 3 is 3.00 bits per heavy atom. The van der Waals surface area contributed by atoms with Crippen molar-refractivity contribution in [3.05, 3.63) is 47.8 Å². The van der Waals surface area contributed by atoms with E-state index in [-0.39, 0.29) is 0 Å². The molecular weight excluding hydrogens is 224 g/mol. The number of rotatable bonds is 3. The summed E-state index contributed by atoms with van der Waals surface area (Å²) < 4.78 is 1.81. The molecule has 0 amide bonds. The lowest BCUT2D eigenvalue weighted by Gasteiger charge is -2.26. The van der Waals surface area contributed by atoms with Crippen molar-refractivity contribution in [1.82, 2.24) is 15.1 Å². The highest BCUT2D eigenvalue weighted by Gasteiger charge is 2.16. The molecule has 1 atom stereocenters. The zero-order chi connectivity index (χ0) is 12.4. The van der Waals surface area contributed by atoms with Gasteiger partial charge in [0.15, 0.2) is 0 Å². The minimum Gasteiger partial charge on any atom is -0.381 e. The summed E-state index contributed by atoms with van der Waals surface area (Å²) in [6.07, 6.45) is 4.94. The summed E-state index contributed by atoms with van der Waals surface area (Å²) >= 11 is 0. The second-order valence-electron chi connectivity index (χ2n) is 4.83. The lowest BCUT2D eigenvalue weighted by molar-refractivity contribution is 0.497. The third-order valence-electron chi connectivity index (χ3n) is 3.42. The molecule has 94 valence electrons. The predicted molar refractivity (Wildman–Crippen MR) is 72.5 cm³/mol. The molecule has 0 saturated carbocycles. The summed E-state index contributed by atoms with van der Waals surface area (Å²) in [6.45, 7) is 1.90. The van der Waals surface area contributed by atoms with E-state index in [0.717, 1.165) is 25.2 Å². The molecule has 0 bridgehead atoms. The third-order valence-corrected chi connectivity index (χ3v) is 3.42. The zero-order valence-electron chi connectivity index (χ0n) is 10.6. The molecule has 18 heavy (non-hydrogen) atoms. The van der Waals surface area contributed by atoms with Crippen LogP contribution in [0.1, 0.15) is 11.1 Å². The minimum absolute atomic E-state index is 0.486. The maximum Gasteiger partial charge on any atom is 0.0726 e. The van der Waals surface area contributed by atoms with E-state index in [9.17, 15) is 0 Å². The number of benzene rings is 1. The molecule has 1 aromatic carbocycles. The molecule has 0 aliphatic carbocycles. The van der Waals surface area contributed by atoms with Gasteiger partial charge in [-0.15, -0.1) is 0 Å². The Labute approximate surface area is 107 Å². The number of aryl methyl sites for hydroxylation is 1. The number of hydrogen-bond donors (Lipinski definition) is 2. The molecule has 0 unspecified atom stereocenters. The van der Waals surface area contributed by atoms with Crippen molar-refractivity contribution in [2.75, 3.05) is 11.9 Å². The topological polar surface area (TPSA) is 41.9 Å². The van der Waals surface area contributed by atoms with Gasteiger partial charge in [-0.3, -0.25) is 4.68 Å². The van der Waals surface area contributed by atoms with Gasteiger partial charge in [0, 0.05) is 32.4 Å². The van der Waals surface area contributed by atoms with E-state index < -0.39 is 0 Å². The first-order valence-corrected chi connectivity index (χ1v) is 6.34. The first-order valence-electron chi connectivity index (χ1n) is 6.34. The zero-order valence-corrected chi connectivity index (χ0v) is 10.6. The predicted octanol–water partition coefficient (Wildman–Crippen LogP) is 1.55. The average Bonchev–Trinajstić information content (AvgIpc) is 2.82. The van der Waals surface area contributed by atoms with E-state index >= 15 is 0 Å². The van der Waals surface area contributed by atoms with Crippen molar-refractivity contribution in [1.29, 1.82) is 0 Å². The second kappa shape index (κ2) is 4.82. The highest BCUT2D eigenvalue weighted by molar-refractivity contribution is 5.38. The Kier molecular flexibility index (Phi) is 3.02. The Morgan fingerprint density at radius 1 is 1.39 bits per heavy atom. The summed E-state index contributed by atoms with van der Waals surface area (Å²) in [5.41, 5.74) is 3.97. The van der Waals surface area contributed by atoms with E-state index in [1.165, 1.54) is 11.1 Å². The van der Waals surface area contributed by atoms with Gasteiger partial charge in [-0.05, 0) is 17.5 Å². The second-order valence-corrected chi connectivity index (χ2v) is 4.83. The van der Waals surface area contributed by atoms with Crippen molar-refractivity contribution in [2.24, 2.45) is 7.05 Å². The van der Waals surface area contributed by atoms with Gasteiger partial charge in [0.05, 0.1) is 11.9 Å². The molecule has 1 aliphatic heterocycles. The van der Waals surface area contributed by atoms with Crippen molar-refractivity contribution in [3.8, 4) is 0 Å². The first-order chi connectivity index (χ1) is 8.81. The van der Waals surface area contributed by atoms with Crippen LogP contribution in [0, 0.1) is 0 Å². The van der Waals surface area contributed by atoms with E-state index in [0.29, 0.717) is 6.04 Å². The molecule has 4 nitrogen and oxygen atoms in total. The van der Waals surface area contributed by atoms with Crippen molar-refractivity contribution < 1.29 is 0 Å². The van der Waals surface area contributed by atoms with Crippen LogP contribution in [-0.2, 0) is 20.0 Å². The van der Waals surface area contributed by atoms with Gasteiger partial charge >= 0.3 is 0 Å². The summed E-state index contributed by atoms with van der Waals surface area (Å²) in [4.78, 5) is 0. The Bertz CT molecular complexity index is 532. The molecule has 0 spiro atoms. The average molecular weight is 242 g/mol. The molecule has 2 heterocycles. The van der Waals surface area contributed by atoms with Crippen LogP contribution in [-0.4, -0.2) is 22.4 Å². The number of fused-ring (bicyclic) bond motifs is 1. The third kappa shape index (κ3) is 2.38. The molecule has 0 radical (unpaired) electrons. The Morgan fingerprint density at radius 2 is 2.22 bits per heavy atom. The highest BCUT2D eigenvalue weighted by atomic mass is 15.3. The lowest BCUT2D eigenvalue weighted by Crippen LogP contribution is -2.40. The van der Waals surface area contributed by atoms with Crippen LogP contribution < -0.4 is 10.6 Å². The molecule has 3 rings (SSSR count). The quantitative estimate of drug-likeness (QED) is 0.858. The van der Waals surface area contributed by atoms with Crippen LogP contribution in [0.25, 0.3) is 0 Å². The molecule has 1 aliphatic rings. The van der Waals surface area contributed by atoms with Crippen LogP contribution in [0.4, 0.5) is 5.69 Å². The fraction of sp³-hybridized carbons (Fsp3) is 0.357. The normalized spacial score (nSPS) is 18.4. The maximum atomic E-state index is 4.15. The van der Waals surface area contributed by atoms with E-state index in [1.54, 1.807) is 0 Å². The summed E-state index contributed by atoms with van der Waals surface area (Å²) in [5, 5.41) is 11.1. The number of anilines is 1. The molecule has 2 aromatic rings. The van der Waals surface area contributed by atoms with Gasteiger partial charge in [0.1, 0.15) is 0 Å². The number of nitrogens with one attached hydrogen (secondary N) is 2. The van der Waals surface area contributed by atoms with Crippen LogP contribution >= 0.6 is 0 Å². The molecule has 0 saturated heterocycles. The van der Waals surface area contributed by atoms with Crippen molar-refractivity contribution in [2.45, 2.75) is 19.0 Å². The van der Waals surface area contributed by atoms with Gasteiger partial charge in [-0.2, -0.15) is 5.10 Å². The maximum absolute atomic E-state index is 4.15. The highest BCUT2D eigenvalue weighted by Crippen LogP contribution is 2.16. The van der Waals surface area contributed by atoms with Gasteiger partial charge in [-0.1, -0.05) is 24.3 Å². The van der Waals surface area contributed by atoms with E-state index in [1.807, 2.05) is 24.1 Å². The lowest BCUT2D eigenvalue weighted by atomic mass is 9.96. The Balaban J connectivity index is 1.59. The standard InChI is InChI=1S/C14H18N4/c1-18-10-14(9-17-18)16-8-13-6-11-4-2-3-5-12(11)7-15-13/h2-5,9-10,13,15-16H,6-8H2,1H3/t13-/m0/s1. The molecule has 2 N–H and O–H groups in total. The molecule has 1 aromatic heterocycles. The fourth-order valence-corrected chi connectivity index (χ4v) is 2.42. The largest absolute Gasteiger partial charge is 0.381 e. The molecule has 4 heteroatoms. The number of aromatic nitrogens is 2. The number of hydrogen-bond acceptors (Lipinski definition) is 3. The van der Waals surface area contributed by atoms with E-state index in [2.05, 4.69) is 40.0 Å². The van der Waals surface area contributed by atoms with E-state index in [4.69, 9.17) is 0 Å². The SMILES string of the molecule is Cn1cc(NC[C@@H]2Cc3ccccc3CN2)cn1. The van der Waals surface area contributed by atoms with Gasteiger partial charge in [-0.25, -0.2) is 0 Å². The van der Waals surface area contributed by atoms with Crippen molar-refractivity contribution in [3.63, 3.8) is 0 Å². The number of nitrogens with zero attached hydrogens (tertiary/aromatic N) is 2. The van der Waals surface area contributed by atoms with Gasteiger partial charge in [0.2, 0.25) is 0 Å². The van der Waals surface area contributed by atoms with Crippen LogP contribution in [0.5, 0.6) is 0 Å². The summed E-state index contributed by atoms with van der Waals surface area (Å²) in [5.74, 6) is 0. The Hall–Kier alpha value is -1.81. The first kappa shape index (κ1) is 11.3.